The van der Waals surface area contributed by atoms with Gasteiger partial charge in [-0.05, 0) is 54.2 Å². The Balaban J connectivity index is 1.52. The van der Waals surface area contributed by atoms with Crippen LogP contribution < -0.4 is 4.90 Å². The van der Waals surface area contributed by atoms with E-state index in [-0.39, 0.29) is 17.9 Å². The number of carbonyl (C=O) groups is 2. The molecule has 1 saturated carbocycles. The summed E-state index contributed by atoms with van der Waals surface area (Å²) in [6.45, 7) is 0. The second kappa shape index (κ2) is 7.95. The lowest BCUT2D eigenvalue weighted by atomic mass is 9.80. The molecular weight excluding hydrogens is 443 g/mol. The molecule has 0 aromatic heterocycles. The summed E-state index contributed by atoms with van der Waals surface area (Å²) >= 11 is 12.3. The Bertz CT molecular complexity index is 1180. The molecule has 2 unspecified atom stereocenters. The second-order valence-corrected chi connectivity index (χ2v) is 9.34. The van der Waals surface area contributed by atoms with Crippen molar-refractivity contribution < 1.29 is 9.59 Å². The first-order chi connectivity index (χ1) is 15.4. The van der Waals surface area contributed by atoms with Crippen LogP contribution in [0.3, 0.4) is 0 Å². The molecule has 4 nitrogen and oxygen atoms in total. The predicted octanol–water partition coefficient (Wildman–Crippen LogP) is 6.77. The fraction of sp³-hybridized carbons (Fsp3) is 0.231. The average Bonchev–Trinajstić information content (AvgIpc) is 3.31. The quantitative estimate of drug-likeness (QED) is 0.401. The molecule has 1 aliphatic carbocycles. The van der Waals surface area contributed by atoms with Crippen molar-refractivity contribution in [1.29, 1.82) is 0 Å². The van der Waals surface area contributed by atoms with Crippen molar-refractivity contribution in [2.45, 2.75) is 30.7 Å². The van der Waals surface area contributed by atoms with Crippen molar-refractivity contribution in [3.63, 3.8) is 0 Å². The predicted molar refractivity (Wildman–Crippen MR) is 128 cm³/mol. The molecule has 3 aromatic rings. The Morgan fingerprint density at radius 3 is 2.16 bits per heavy atom. The van der Waals surface area contributed by atoms with E-state index in [2.05, 4.69) is 36.4 Å². The third kappa shape index (κ3) is 3.21. The number of hydrogen-bond acceptors (Lipinski definition) is 2. The minimum atomic E-state index is -0.903. The largest absolute Gasteiger partial charge is 0.332 e. The Morgan fingerprint density at radius 1 is 0.875 bits per heavy atom. The van der Waals surface area contributed by atoms with Gasteiger partial charge >= 0.3 is 6.03 Å². The molecule has 1 spiro atoms. The molecule has 0 N–H and O–H groups in total. The standard InChI is InChI=1S/C26H22Cl2N2O2/c1-29-25(32)30(22-15-20(27)14-21(28)16-22)24(31)26(29)13-5-8-23(26)19-11-9-18(10-12-19)17-6-3-2-4-7-17/h2-4,6-7,9-12,14-16,23H,5,8,13H2,1H3. The molecule has 3 aromatic carbocycles. The van der Waals surface area contributed by atoms with Crippen molar-refractivity contribution in [2.75, 3.05) is 11.9 Å². The Kier molecular flexibility index (Phi) is 5.23. The molecule has 3 amide bonds. The summed E-state index contributed by atoms with van der Waals surface area (Å²) in [5.41, 5.74) is 2.85. The molecular formula is C26H22Cl2N2O2. The number of urea groups is 1. The van der Waals surface area contributed by atoms with Crippen LogP contribution in [0.15, 0.2) is 72.8 Å². The van der Waals surface area contributed by atoms with E-state index in [4.69, 9.17) is 23.2 Å². The summed E-state index contributed by atoms with van der Waals surface area (Å²) in [5.74, 6) is -0.286. The van der Waals surface area contributed by atoms with Crippen LogP contribution >= 0.6 is 23.2 Å². The molecule has 5 rings (SSSR count). The van der Waals surface area contributed by atoms with E-state index < -0.39 is 5.54 Å². The first kappa shape index (κ1) is 21.0. The van der Waals surface area contributed by atoms with E-state index in [0.29, 0.717) is 22.2 Å². The van der Waals surface area contributed by atoms with Gasteiger partial charge in [-0.2, -0.15) is 0 Å². The van der Waals surface area contributed by atoms with Crippen molar-refractivity contribution in [3.05, 3.63) is 88.4 Å². The van der Waals surface area contributed by atoms with Gasteiger partial charge in [0.2, 0.25) is 0 Å². The number of carbonyl (C=O) groups excluding carboxylic acids is 2. The van der Waals surface area contributed by atoms with Gasteiger partial charge in [-0.3, -0.25) is 4.79 Å². The van der Waals surface area contributed by atoms with Gasteiger partial charge in [-0.1, -0.05) is 77.8 Å². The SMILES string of the molecule is CN1C(=O)N(c2cc(Cl)cc(Cl)c2)C(=O)C12CCCC2c1ccc(-c2ccccc2)cc1. The smallest absolute Gasteiger partial charge is 0.312 e. The first-order valence-electron chi connectivity index (χ1n) is 10.7. The fourth-order valence-corrected chi connectivity index (χ4v) is 5.78. The zero-order valence-corrected chi connectivity index (χ0v) is 19.1. The number of rotatable bonds is 3. The van der Waals surface area contributed by atoms with Crippen LogP contribution in [-0.2, 0) is 4.79 Å². The number of halogens is 2. The van der Waals surface area contributed by atoms with Crippen LogP contribution in [-0.4, -0.2) is 29.4 Å². The fourth-order valence-electron chi connectivity index (χ4n) is 5.27. The lowest BCUT2D eigenvalue weighted by molar-refractivity contribution is -0.125. The molecule has 1 saturated heterocycles. The monoisotopic (exact) mass is 464 g/mol. The number of anilines is 1. The van der Waals surface area contributed by atoms with E-state index in [1.807, 2.05) is 18.2 Å². The van der Waals surface area contributed by atoms with E-state index in [1.165, 1.54) is 4.90 Å². The lowest BCUT2D eigenvalue weighted by Gasteiger charge is -2.34. The first-order valence-corrected chi connectivity index (χ1v) is 11.4. The van der Waals surface area contributed by atoms with Crippen LogP contribution in [0.25, 0.3) is 11.1 Å². The molecule has 0 bridgehead atoms. The van der Waals surface area contributed by atoms with Crippen molar-refractivity contribution in [2.24, 2.45) is 0 Å². The summed E-state index contributed by atoms with van der Waals surface area (Å²) in [6, 6.07) is 23.0. The van der Waals surface area contributed by atoms with Crippen LogP contribution in [0, 0.1) is 0 Å². The van der Waals surface area contributed by atoms with Crippen LogP contribution in [0.5, 0.6) is 0 Å². The topological polar surface area (TPSA) is 40.6 Å². The Morgan fingerprint density at radius 2 is 1.50 bits per heavy atom. The highest BCUT2D eigenvalue weighted by molar-refractivity contribution is 6.35. The summed E-state index contributed by atoms with van der Waals surface area (Å²) in [5, 5.41) is 0.771. The van der Waals surface area contributed by atoms with Gasteiger partial charge < -0.3 is 4.90 Å². The normalized spacial score (nSPS) is 22.9. The molecule has 6 heteroatoms. The highest BCUT2D eigenvalue weighted by Gasteiger charge is 2.62. The van der Waals surface area contributed by atoms with Gasteiger partial charge in [0.05, 0.1) is 5.69 Å². The van der Waals surface area contributed by atoms with E-state index in [0.717, 1.165) is 29.5 Å². The van der Waals surface area contributed by atoms with Gasteiger partial charge in [-0.25, -0.2) is 9.69 Å². The molecule has 2 atom stereocenters. The number of benzene rings is 3. The molecule has 1 heterocycles. The number of amides is 3. The van der Waals surface area contributed by atoms with Gasteiger partial charge in [-0.15, -0.1) is 0 Å². The summed E-state index contributed by atoms with van der Waals surface area (Å²) < 4.78 is 0. The summed E-state index contributed by atoms with van der Waals surface area (Å²) in [6.07, 6.45) is 2.35. The zero-order valence-electron chi connectivity index (χ0n) is 17.6. The van der Waals surface area contributed by atoms with Gasteiger partial charge in [0.15, 0.2) is 0 Å². The lowest BCUT2D eigenvalue weighted by Crippen LogP contribution is -2.49. The minimum absolute atomic E-state index is 0.0755. The van der Waals surface area contributed by atoms with Crippen LogP contribution in [0.4, 0.5) is 10.5 Å². The van der Waals surface area contributed by atoms with Gasteiger partial charge in [0.1, 0.15) is 5.54 Å². The van der Waals surface area contributed by atoms with E-state index in [1.54, 1.807) is 30.1 Å². The highest BCUT2D eigenvalue weighted by atomic mass is 35.5. The third-order valence-corrected chi connectivity index (χ3v) is 7.24. The zero-order chi connectivity index (χ0) is 22.5. The van der Waals surface area contributed by atoms with Crippen molar-refractivity contribution >= 4 is 40.8 Å². The van der Waals surface area contributed by atoms with Crippen LogP contribution in [0.1, 0.15) is 30.7 Å². The number of imide groups is 1. The van der Waals surface area contributed by atoms with Gasteiger partial charge in [0, 0.05) is 23.0 Å². The van der Waals surface area contributed by atoms with E-state index >= 15 is 0 Å². The molecule has 2 fully saturated rings. The van der Waals surface area contributed by atoms with Crippen LogP contribution in [0.2, 0.25) is 10.0 Å². The molecule has 1 aliphatic heterocycles. The van der Waals surface area contributed by atoms with E-state index in [9.17, 15) is 9.59 Å². The molecule has 0 radical (unpaired) electrons. The summed E-state index contributed by atoms with van der Waals surface area (Å²) in [7, 11) is 1.73. The average molecular weight is 465 g/mol. The van der Waals surface area contributed by atoms with Gasteiger partial charge in [0.25, 0.3) is 5.91 Å². The highest BCUT2D eigenvalue weighted by Crippen LogP contribution is 2.51. The molecule has 2 aliphatic rings. The minimum Gasteiger partial charge on any atom is -0.312 e. The Hall–Kier alpha value is -2.82. The van der Waals surface area contributed by atoms with Crippen molar-refractivity contribution in [1.82, 2.24) is 4.90 Å². The maximum absolute atomic E-state index is 13.8. The summed E-state index contributed by atoms with van der Waals surface area (Å²) in [4.78, 5) is 29.9. The number of hydrogen-bond donors (Lipinski definition) is 0. The third-order valence-electron chi connectivity index (χ3n) is 6.80. The molecule has 32 heavy (non-hydrogen) atoms. The maximum atomic E-state index is 13.8. The number of nitrogens with zero attached hydrogens (tertiary/aromatic N) is 2. The maximum Gasteiger partial charge on any atom is 0.332 e. The molecule has 162 valence electrons. The number of likely N-dealkylation sites (N-methyl/N-ethyl adjacent to an activating group) is 1. The van der Waals surface area contributed by atoms with Crippen molar-refractivity contribution in [3.8, 4) is 11.1 Å². The second-order valence-electron chi connectivity index (χ2n) is 8.47. The Labute approximate surface area is 197 Å².